The van der Waals surface area contributed by atoms with Crippen LogP contribution in [-0.2, 0) is 13.0 Å². The molecule has 0 unspecified atom stereocenters. The van der Waals surface area contributed by atoms with Crippen molar-refractivity contribution in [2.75, 3.05) is 6.26 Å². The number of thioether (sulfide) groups is 1. The van der Waals surface area contributed by atoms with Gasteiger partial charge in [0.15, 0.2) is 6.54 Å². The monoisotopic (exact) mass is 222 g/mol. The van der Waals surface area contributed by atoms with Gasteiger partial charge in [0, 0.05) is 12.0 Å². The predicted octanol–water partition coefficient (Wildman–Crippen LogP) is 2.86. The second-order valence-electron chi connectivity index (χ2n) is 3.59. The van der Waals surface area contributed by atoms with Crippen molar-refractivity contribution in [1.29, 1.82) is 0 Å². The SMILES string of the molecule is CSc1sc2cccc3c2[n+]1CCC3. The Morgan fingerprint density at radius 2 is 2.36 bits per heavy atom. The van der Waals surface area contributed by atoms with E-state index in [1.54, 1.807) is 0 Å². The van der Waals surface area contributed by atoms with Crippen LogP contribution < -0.4 is 4.57 Å². The third-order valence-corrected chi connectivity index (χ3v) is 5.04. The Morgan fingerprint density at radius 3 is 3.21 bits per heavy atom. The quantitative estimate of drug-likeness (QED) is 0.530. The van der Waals surface area contributed by atoms with E-state index in [1.807, 2.05) is 23.1 Å². The number of thiazole rings is 1. The average Bonchev–Trinajstić information content (AvgIpc) is 2.60. The molecule has 1 nitrogen and oxygen atoms in total. The van der Waals surface area contributed by atoms with Crippen LogP contribution in [-0.4, -0.2) is 6.26 Å². The average molecular weight is 222 g/mol. The maximum Gasteiger partial charge on any atom is 0.298 e. The summed E-state index contributed by atoms with van der Waals surface area (Å²) in [5.74, 6) is 0. The maximum atomic E-state index is 2.49. The third kappa shape index (κ3) is 1.12. The fourth-order valence-corrected chi connectivity index (χ4v) is 4.15. The van der Waals surface area contributed by atoms with Gasteiger partial charge in [0.25, 0.3) is 4.34 Å². The fraction of sp³-hybridized carbons (Fsp3) is 0.364. The number of hydrogen-bond donors (Lipinski definition) is 0. The number of rotatable bonds is 1. The molecule has 1 aromatic heterocycles. The van der Waals surface area contributed by atoms with Crippen molar-refractivity contribution in [3.8, 4) is 0 Å². The molecule has 3 rings (SSSR count). The molecule has 3 heteroatoms. The standard InChI is InChI=1S/C11H12NS2/c1-13-11-12-7-3-5-8-4-2-6-9(14-11)10(8)12/h2,4,6H,3,5,7H2,1H3/q+1. The lowest BCUT2D eigenvalue weighted by atomic mass is 10.1. The number of aromatic nitrogens is 1. The Balaban J connectivity index is 2.42. The Morgan fingerprint density at radius 1 is 1.43 bits per heavy atom. The number of para-hydroxylation sites is 1. The summed E-state index contributed by atoms with van der Waals surface area (Å²) in [4.78, 5) is 0. The summed E-state index contributed by atoms with van der Waals surface area (Å²) in [6, 6.07) is 6.70. The lowest BCUT2D eigenvalue weighted by molar-refractivity contribution is -0.704. The summed E-state index contributed by atoms with van der Waals surface area (Å²) in [6.07, 6.45) is 4.71. The highest BCUT2D eigenvalue weighted by atomic mass is 32.2. The van der Waals surface area contributed by atoms with Crippen molar-refractivity contribution in [3.05, 3.63) is 23.8 Å². The summed E-state index contributed by atoms with van der Waals surface area (Å²) in [5, 5.41) is 0. The van der Waals surface area contributed by atoms with E-state index in [0.717, 1.165) is 0 Å². The highest BCUT2D eigenvalue weighted by Gasteiger charge is 2.25. The van der Waals surface area contributed by atoms with E-state index in [2.05, 4.69) is 29.0 Å². The van der Waals surface area contributed by atoms with Gasteiger partial charge in [0.05, 0.1) is 0 Å². The molecule has 72 valence electrons. The van der Waals surface area contributed by atoms with Gasteiger partial charge in [-0.2, -0.15) is 4.57 Å². The number of aryl methyl sites for hydroxylation is 2. The maximum absolute atomic E-state index is 2.49. The molecule has 0 fully saturated rings. The molecule has 0 saturated heterocycles. The van der Waals surface area contributed by atoms with Crippen molar-refractivity contribution in [2.24, 2.45) is 0 Å². The smallest absolute Gasteiger partial charge is 0.176 e. The van der Waals surface area contributed by atoms with Gasteiger partial charge in [-0.25, -0.2) is 0 Å². The Bertz CT molecular complexity index is 487. The van der Waals surface area contributed by atoms with Gasteiger partial charge in [-0.1, -0.05) is 23.5 Å². The predicted molar refractivity (Wildman–Crippen MR) is 62.1 cm³/mol. The molecule has 1 aromatic carbocycles. The lowest BCUT2D eigenvalue weighted by Gasteiger charge is -2.06. The van der Waals surface area contributed by atoms with E-state index in [-0.39, 0.29) is 0 Å². The van der Waals surface area contributed by atoms with Crippen LogP contribution in [0.15, 0.2) is 22.5 Å². The number of hydrogen-bond acceptors (Lipinski definition) is 2. The van der Waals surface area contributed by atoms with Crippen LogP contribution in [0.2, 0.25) is 0 Å². The van der Waals surface area contributed by atoms with E-state index in [0.29, 0.717) is 0 Å². The molecule has 2 aromatic rings. The number of nitrogens with zero attached hydrogens (tertiary/aromatic N) is 1. The van der Waals surface area contributed by atoms with Gasteiger partial charge in [0.2, 0.25) is 5.52 Å². The molecule has 0 atom stereocenters. The van der Waals surface area contributed by atoms with Gasteiger partial charge in [-0.05, 0) is 30.5 Å². The minimum absolute atomic E-state index is 1.20. The minimum Gasteiger partial charge on any atom is -0.176 e. The second kappa shape index (κ2) is 3.24. The van der Waals surface area contributed by atoms with Crippen LogP contribution in [0.4, 0.5) is 0 Å². The van der Waals surface area contributed by atoms with E-state index < -0.39 is 0 Å². The Kier molecular flexibility index (Phi) is 2.03. The first-order valence-corrected chi connectivity index (χ1v) is 6.92. The minimum atomic E-state index is 1.20. The third-order valence-electron chi connectivity index (χ3n) is 2.77. The number of benzene rings is 1. The molecular weight excluding hydrogens is 210 g/mol. The lowest BCUT2D eigenvalue weighted by Crippen LogP contribution is -2.37. The zero-order valence-electron chi connectivity index (χ0n) is 8.12. The van der Waals surface area contributed by atoms with Crippen molar-refractivity contribution >= 4 is 33.3 Å². The molecule has 14 heavy (non-hydrogen) atoms. The van der Waals surface area contributed by atoms with Crippen LogP contribution >= 0.6 is 23.1 Å². The molecule has 0 aliphatic carbocycles. The molecule has 0 spiro atoms. The zero-order chi connectivity index (χ0) is 9.54. The van der Waals surface area contributed by atoms with E-state index in [9.17, 15) is 0 Å². The van der Waals surface area contributed by atoms with Crippen molar-refractivity contribution in [3.63, 3.8) is 0 Å². The highest BCUT2D eigenvalue weighted by Crippen LogP contribution is 2.30. The second-order valence-corrected chi connectivity index (χ2v) is 5.68. The van der Waals surface area contributed by atoms with Crippen molar-refractivity contribution in [1.82, 2.24) is 0 Å². The van der Waals surface area contributed by atoms with Gasteiger partial charge < -0.3 is 0 Å². The molecule has 1 aliphatic rings. The van der Waals surface area contributed by atoms with Crippen LogP contribution in [0, 0.1) is 0 Å². The molecule has 0 radical (unpaired) electrons. The Hall–Kier alpha value is -0.540. The normalized spacial score (nSPS) is 14.9. The summed E-state index contributed by atoms with van der Waals surface area (Å²) in [5.41, 5.74) is 3.03. The molecule has 0 amide bonds. The Labute approximate surface area is 91.8 Å². The molecular formula is C11H12NS2+. The van der Waals surface area contributed by atoms with Crippen LogP contribution in [0.25, 0.3) is 10.2 Å². The van der Waals surface area contributed by atoms with E-state index >= 15 is 0 Å². The fourth-order valence-electron chi connectivity index (χ4n) is 2.18. The molecule has 0 N–H and O–H groups in total. The van der Waals surface area contributed by atoms with Gasteiger partial charge in [0.1, 0.15) is 4.70 Å². The van der Waals surface area contributed by atoms with Crippen LogP contribution in [0.5, 0.6) is 0 Å². The van der Waals surface area contributed by atoms with Crippen LogP contribution in [0.3, 0.4) is 0 Å². The summed E-state index contributed by atoms with van der Waals surface area (Å²) >= 11 is 3.80. The van der Waals surface area contributed by atoms with E-state index in [1.165, 1.54) is 39.5 Å². The van der Waals surface area contributed by atoms with E-state index in [4.69, 9.17) is 0 Å². The highest BCUT2D eigenvalue weighted by molar-refractivity contribution is 8.00. The van der Waals surface area contributed by atoms with Crippen LogP contribution in [0.1, 0.15) is 12.0 Å². The molecule has 0 saturated carbocycles. The molecule has 1 aliphatic heterocycles. The van der Waals surface area contributed by atoms with Crippen molar-refractivity contribution < 1.29 is 4.57 Å². The first kappa shape index (κ1) is 8.74. The summed E-state index contributed by atoms with van der Waals surface area (Å²) in [6.45, 7) is 1.20. The topological polar surface area (TPSA) is 3.88 Å². The summed E-state index contributed by atoms with van der Waals surface area (Å²) in [7, 11) is 0. The van der Waals surface area contributed by atoms with Gasteiger partial charge >= 0.3 is 0 Å². The zero-order valence-corrected chi connectivity index (χ0v) is 9.75. The molecule has 2 heterocycles. The van der Waals surface area contributed by atoms with Gasteiger partial charge in [-0.3, -0.25) is 0 Å². The summed E-state index contributed by atoms with van der Waals surface area (Å²) < 4.78 is 5.39. The molecule has 0 bridgehead atoms. The first-order valence-electron chi connectivity index (χ1n) is 4.88. The van der Waals surface area contributed by atoms with Gasteiger partial charge in [-0.15, -0.1) is 0 Å². The first-order chi connectivity index (χ1) is 6.90. The largest absolute Gasteiger partial charge is 0.298 e. The van der Waals surface area contributed by atoms with Crippen molar-refractivity contribution in [2.45, 2.75) is 23.7 Å².